The average molecular weight is 260 g/mol. The topological polar surface area (TPSA) is 67.9 Å². The molecule has 0 saturated carbocycles. The number of benzene rings is 1. The first kappa shape index (κ1) is 13.6. The lowest BCUT2D eigenvalue weighted by molar-refractivity contribution is 0.355. The fraction of sp³-hybridized carbons (Fsp3) is 0.400. The van der Waals surface area contributed by atoms with Crippen molar-refractivity contribution in [1.82, 2.24) is 4.72 Å². The van der Waals surface area contributed by atoms with Gasteiger partial charge in [0.15, 0.2) is 11.5 Å². The second-order valence-corrected chi connectivity index (χ2v) is 5.12. The van der Waals surface area contributed by atoms with E-state index in [1.807, 2.05) is 0 Å². The van der Waals surface area contributed by atoms with Gasteiger partial charge in [-0.05, 0) is 12.1 Å². The Labute approximate surface area is 101 Å². The number of hydrogen-bond acceptors (Lipinski definition) is 4. The fourth-order valence-corrected chi connectivity index (χ4v) is 1.96. The van der Waals surface area contributed by atoms with Crippen molar-refractivity contribution >= 4 is 15.9 Å². The molecule has 7 heteroatoms. The monoisotopic (exact) mass is 260 g/mol. The lowest BCUT2D eigenvalue weighted by Crippen LogP contribution is -2.35. The molecule has 0 amide bonds. The first-order chi connectivity index (χ1) is 7.96. The van der Waals surface area contributed by atoms with E-state index in [9.17, 15) is 8.42 Å². The van der Waals surface area contributed by atoms with E-state index in [1.54, 1.807) is 18.2 Å². The van der Waals surface area contributed by atoms with Gasteiger partial charge in [0.2, 0.25) is 0 Å². The minimum Gasteiger partial charge on any atom is -0.493 e. The molecule has 0 heterocycles. The van der Waals surface area contributed by atoms with Gasteiger partial charge in [-0.3, -0.25) is 4.31 Å². The second-order valence-electron chi connectivity index (χ2n) is 3.22. The number of hydrogen-bond donors (Lipinski definition) is 1. The zero-order valence-electron chi connectivity index (χ0n) is 10.2. The molecule has 1 N–H and O–H groups in total. The minimum absolute atomic E-state index is 0.475. The normalized spacial score (nSPS) is 11.1. The van der Waals surface area contributed by atoms with Crippen molar-refractivity contribution in [3.8, 4) is 11.5 Å². The highest BCUT2D eigenvalue weighted by molar-refractivity contribution is 7.90. The number of nitrogens with zero attached hydrogens (tertiary/aromatic N) is 1. The molecule has 0 aliphatic carbocycles. The molecule has 1 aromatic carbocycles. The van der Waals surface area contributed by atoms with Crippen LogP contribution in [-0.4, -0.2) is 36.7 Å². The number of rotatable bonds is 5. The van der Waals surface area contributed by atoms with Crippen LogP contribution in [0, 0.1) is 0 Å². The Balaban J connectivity index is 3.17. The Morgan fingerprint density at radius 3 is 2.24 bits per heavy atom. The van der Waals surface area contributed by atoms with Gasteiger partial charge in [-0.2, -0.15) is 8.42 Å². The molecule has 0 atom stereocenters. The molecule has 0 aliphatic rings. The molecule has 1 rings (SSSR count). The average Bonchev–Trinajstić information content (AvgIpc) is 2.36. The lowest BCUT2D eigenvalue weighted by Gasteiger charge is -2.19. The standard InChI is InChI=1S/C10H16N2O4S/c1-11-17(13,14)12(2)8-5-6-9(15-3)10(7-8)16-4/h5-7,11H,1-4H3. The van der Waals surface area contributed by atoms with Crippen LogP contribution in [0.2, 0.25) is 0 Å². The first-order valence-electron chi connectivity index (χ1n) is 4.85. The van der Waals surface area contributed by atoms with E-state index in [0.29, 0.717) is 17.2 Å². The zero-order chi connectivity index (χ0) is 13.1. The number of methoxy groups -OCH3 is 2. The summed E-state index contributed by atoms with van der Waals surface area (Å²) in [7, 11) is 2.31. The molecule has 0 saturated heterocycles. The summed E-state index contributed by atoms with van der Waals surface area (Å²) in [4.78, 5) is 0. The summed E-state index contributed by atoms with van der Waals surface area (Å²) in [5.74, 6) is 1.02. The molecule has 6 nitrogen and oxygen atoms in total. The molecule has 0 bridgehead atoms. The SMILES string of the molecule is CNS(=O)(=O)N(C)c1ccc(OC)c(OC)c1. The molecule has 0 radical (unpaired) electrons. The third-order valence-corrected chi connectivity index (χ3v) is 3.80. The van der Waals surface area contributed by atoms with Crippen LogP contribution in [-0.2, 0) is 10.2 Å². The van der Waals surface area contributed by atoms with Gasteiger partial charge in [0, 0.05) is 20.2 Å². The molecular weight excluding hydrogens is 244 g/mol. The summed E-state index contributed by atoms with van der Waals surface area (Å²) in [5.41, 5.74) is 0.483. The van der Waals surface area contributed by atoms with Crippen LogP contribution in [0.25, 0.3) is 0 Å². The number of anilines is 1. The summed E-state index contributed by atoms with van der Waals surface area (Å²) in [6, 6.07) is 4.87. The number of nitrogens with one attached hydrogen (secondary N) is 1. The third-order valence-electron chi connectivity index (χ3n) is 2.35. The van der Waals surface area contributed by atoms with Gasteiger partial charge < -0.3 is 9.47 Å². The van der Waals surface area contributed by atoms with E-state index < -0.39 is 10.2 Å². The molecule has 1 aromatic rings. The van der Waals surface area contributed by atoms with Crippen LogP contribution >= 0.6 is 0 Å². The third kappa shape index (κ3) is 2.80. The van der Waals surface area contributed by atoms with Crippen molar-refractivity contribution in [3.05, 3.63) is 18.2 Å². The van der Waals surface area contributed by atoms with Crippen molar-refractivity contribution in [3.63, 3.8) is 0 Å². The first-order valence-corrected chi connectivity index (χ1v) is 6.29. The van der Waals surface area contributed by atoms with Crippen molar-refractivity contribution in [1.29, 1.82) is 0 Å². The van der Waals surface area contributed by atoms with E-state index in [-0.39, 0.29) is 0 Å². The van der Waals surface area contributed by atoms with Gasteiger partial charge in [-0.1, -0.05) is 0 Å². The summed E-state index contributed by atoms with van der Waals surface area (Å²) in [6.45, 7) is 0. The number of ether oxygens (including phenoxy) is 2. The molecule has 96 valence electrons. The van der Waals surface area contributed by atoms with E-state index >= 15 is 0 Å². The summed E-state index contributed by atoms with van der Waals surface area (Å²) >= 11 is 0. The molecular formula is C10H16N2O4S. The van der Waals surface area contributed by atoms with Crippen LogP contribution in [0.1, 0.15) is 0 Å². The van der Waals surface area contributed by atoms with Crippen molar-refractivity contribution in [2.24, 2.45) is 0 Å². The molecule has 17 heavy (non-hydrogen) atoms. The smallest absolute Gasteiger partial charge is 0.301 e. The van der Waals surface area contributed by atoms with Crippen LogP contribution in [0.5, 0.6) is 11.5 Å². The maximum atomic E-state index is 11.6. The Hall–Kier alpha value is -1.47. The molecule has 0 fully saturated rings. The van der Waals surface area contributed by atoms with E-state index in [1.165, 1.54) is 28.3 Å². The van der Waals surface area contributed by atoms with E-state index in [4.69, 9.17) is 9.47 Å². The molecule has 0 aliphatic heterocycles. The van der Waals surface area contributed by atoms with Gasteiger partial charge >= 0.3 is 10.2 Å². The van der Waals surface area contributed by atoms with Gasteiger partial charge in [0.1, 0.15) is 0 Å². The van der Waals surface area contributed by atoms with Gasteiger partial charge in [-0.15, -0.1) is 0 Å². The van der Waals surface area contributed by atoms with Gasteiger partial charge in [0.05, 0.1) is 19.9 Å². The predicted octanol–water partition coefficient (Wildman–Crippen LogP) is 0.604. The maximum Gasteiger partial charge on any atom is 0.301 e. The summed E-state index contributed by atoms with van der Waals surface area (Å²) in [6.07, 6.45) is 0. The quantitative estimate of drug-likeness (QED) is 0.842. The summed E-state index contributed by atoms with van der Waals surface area (Å²) < 4.78 is 36.7. The summed E-state index contributed by atoms with van der Waals surface area (Å²) in [5, 5.41) is 0. The van der Waals surface area contributed by atoms with Crippen molar-refractivity contribution < 1.29 is 17.9 Å². The van der Waals surface area contributed by atoms with Crippen LogP contribution in [0.15, 0.2) is 18.2 Å². The van der Waals surface area contributed by atoms with Gasteiger partial charge in [-0.25, -0.2) is 4.72 Å². The van der Waals surface area contributed by atoms with Gasteiger partial charge in [0.25, 0.3) is 0 Å². The zero-order valence-corrected chi connectivity index (χ0v) is 11.0. The largest absolute Gasteiger partial charge is 0.493 e. The predicted molar refractivity (Wildman–Crippen MR) is 65.9 cm³/mol. The van der Waals surface area contributed by atoms with Crippen LogP contribution < -0.4 is 18.5 Å². The second kappa shape index (κ2) is 5.24. The minimum atomic E-state index is -3.51. The Kier molecular flexibility index (Phi) is 4.19. The van der Waals surface area contributed by atoms with Crippen LogP contribution in [0.3, 0.4) is 0 Å². The maximum absolute atomic E-state index is 11.6. The molecule has 0 unspecified atom stereocenters. The van der Waals surface area contributed by atoms with Crippen molar-refractivity contribution in [2.45, 2.75) is 0 Å². The van der Waals surface area contributed by atoms with E-state index in [2.05, 4.69) is 4.72 Å². The Bertz CT molecular complexity index is 487. The highest BCUT2D eigenvalue weighted by Crippen LogP contribution is 2.31. The highest BCUT2D eigenvalue weighted by Gasteiger charge is 2.17. The molecule has 0 aromatic heterocycles. The lowest BCUT2D eigenvalue weighted by atomic mass is 10.3. The fourth-order valence-electron chi connectivity index (χ4n) is 1.30. The van der Waals surface area contributed by atoms with Crippen molar-refractivity contribution in [2.75, 3.05) is 32.6 Å². The van der Waals surface area contributed by atoms with Crippen LogP contribution in [0.4, 0.5) is 5.69 Å². The molecule has 0 spiro atoms. The highest BCUT2D eigenvalue weighted by atomic mass is 32.2. The Morgan fingerprint density at radius 2 is 1.76 bits per heavy atom. The Morgan fingerprint density at radius 1 is 1.18 bits per heavy atom. The van der Waals surface area contributed by atoms with E-state index in [0.717, 1.165) is 4.31 Å².